The van der Waals surface area contributed by atoms with Crippen LogP contribution in [0.2, 0.25) is 0 Å². The first-order valence-electron chi connectivity index (χ1n) is 6.12. The van der Waals surface area contributed by atoms with E-state index >= 15 is 0 Å². The minimum atomic E-state index is -0.203. The van der Waals surface area contributed by atoms with Crippen LogP contribution in [0.3, 0.4) is 0 Å². The van der Waals surface area contributed by atoms with Crippen LogP contribution in [0.1, 0.15) is 34.1 Å². The summed E-state index contributed by atoms with van der Waals surface area (Å²) < 4.78 is 0. The van der Waals surface area contributed by atoms with Gasteiger partial charge < -0.3 is 4.90 Å². The molecular weight excluding hydrogens is 198 g/mol. The van der Waals surface area contributed by atoms with Crippen molar-refractivity contribution in [1.29, 1.82) is 5.26 Å². The van der Waals surface area contributed by atoms with E-state index in [0.717, 1.165) is 26.1 Å². The summed E-state index contributed by atoms with van der Waals surface area (Å²) in [6, 6.07) is 2.91. The van der Waals surface area contributed by atoms with Crippen molar-refractivity contribution >= 4 is 0 Å². The summed E-state index contributed by atoms with van der Waals surface area (Å²) in [4.78, 5) is 4.65. The van der Waals surface area contributed by atoms with Gasteiger partial charge in [-0.1, -0.05) is 6.92 Å². The second kappa shape index (κ2) is 6.88. The molecule has 0 aromatic heterocycles. The Morgan fingerprint density at radius 2 is 1.88 bits per heavy atom. The molecule has 0 rings (SSSR count). The lowest BCUT2D eigenvalue weighted by Gasteiger charge is -2.31. The lowest BCUT2D eigenvalue weighted by molar-refractivity contribution is 0.166. The van der Waals surface area contributed by atoms with Gasteiger partial charge in [-0.15, -0.1) is 0 Å². The first-order chi connectivity index (χ1) is 7.32. The van der Waals surface area contributed by atoms with E-state index in [-0.39, 0.29) is 5.41 Å². The van der Waals surface area contributed by atoms with Crippen molar-refractivity contribution in [3.05, 3.63) is 0 Å². The van der Waals surface area contributed by atoms with E-state index in [4.69, 9.17) is 5.26 Å². The van der Waals surface area contributed by atoms with Gasteiger partial charge in [0.1, 0.15) is 0 Å². The third-order valence-corrected chi connectivity index (χ3v) is 2.99. The molecule has 0 aliphatic rings. The Morgan fingerprint density at radius 1 is 1.31 bits per heavy atom. The van der Waals surface area contributed by atoms with Crippen LogP contribution in [0.15, 0.2) is 0 Å². The predicted octanol–water partition coefficient (Wildman–Crippen LogP) is 2.20. The van der Waals surface area contributed by atoms with E-state index in [1.807, 2.05) is 13.8 Å². The van der Waals surface area contributed by atoms with Gasteiger partial charge in [0.05, 0.1) is 11.5 Å². The van der Waals surface area contributed by atoms with E-state index in [2.05, 4.69) is 43.8 Å². The van der Waals surface area contributed by atoms with Crippen LogP contribution >= 0.6 is 0 Å². The summed E-state index contributed by atoms with van der Waals surface area (Å²) >= 11 is 0. The monoisotopic (exact) mass is 225 g/mol. The van der Waals surface area contributed by atoms with Gasteiger partial charge in [-0.2, -0.15) is 5.26 Å². The predicted molar refractivity (Wildman–Crippen MR) is 69.3 cm³/mol. The maximum absolute atomic E-state index is 8.99. The minimum Gasteiger partial charge on any atom is -0.308 e. The molecule has 0 saturated heterocycles. The normalized spacial score (nSPS) is 14.2. The maximum Gasteiger partial charge on any atom is 0.0684 e. The molecule has 0 aromatic rings. The minimum absolute atomic E-state index is 0.203. The zero-order valence-corrected chi connectivity index (χ0v) is 11.7. The van der Waals surface area contributed by atoms with Crippen molar-refractivity contribution < 1.29 is 0 Å². The van der Waals surface area contributed by atoms with Crippen molar-refractivity contribution in [2.24, 2.45) is 5.41 Å². The number of hydrogen-bond donors (Lipinski definition) is 0. The summed E-state index contributed by atoms with van der Waals surface area (Å²) in [5, 5.41) is 8.99. The van der Waals surface area contributed by atoms with Crippen LogP contribution in [0, 0.1) is 16.7 Å². The molecule has 0 aromatic carbocycles. The molecule has 0 spiro atoms. The van der Waals surface area contributed by atoms with E-state index in [1.165, 1.54) is 0 Å². The molecule has 1 atom stereocenters. The zero-order chi connectivity index (χ0) is 12.8. The highest BCUT2D eigenvalue weighted by atomic mass is 15.2. The molecule has 0 radical (unpaired) electrons. The summed E-state index contributed by atoms with van der Waals surface area (Å²) in [6.45, 7) is 11.6. The second-order valence-corrected chi connectivity index (χ2v) is 5.49. The molecule has 0 fully saturated rings. The molecule has 0 heterocycles. The number of likely N-dealkylation sites (N-methyl/N-ethyl adjacent to an activating group) is 2. The second-order valence-electron chi connectivity index (χ2n) is 5.49. The topological polar surface area (TPSA) is 30.3 Å². The van der Waals surface area contributed by atoms with Gasteiger partial charge in [0.15, 0.2) is 0 Å². The largest absolute Gasteiger partial charge is 0.308 e. The Morgan fingerprint density at radius 3 is 2.25 bits per heavy atom. The maximum atomic E-state index is 8.99. The fourth-order valence-corrected chi connectivity index (χ4v) is 1.81. The Bertz CT molecular complexity index is 228. The number of hydrogen-bond acceptors (Lipinski definition) is 3. The lowest BCUT2D eigenvalue weighted by Crippen LogP contribution is -2.41. The van der Waals surface area contributed by atoms with Crippen molar-refractivity contribution in [3.63, 3.8) is 0 Å². The first kappa shape index (κ1) is 15.4. The van der Waals surface area contributed by atoms with E-state index < -0.39 is 0 Å². The Kier molecular flexibility index (Phi) is 6.62. The average molecular weight is 225 g/mol. The smallest absolute Gasteiger partial charge is 0.0684 e. The van der Waals surface area contributed by atoms with Crippen LogP contribution in [0.5, 0.6) is 0 Å². The summed E-state index contributed by atoms with van der Waals surface area (Å²) in [7, 11) is 4.20. The standard InChI is InChI=1S/C13H27N3/c1-7-16(12(2)10-15(5)6)9-8-13(3,4)11-14/h12H,7-10H2,1-6H3. The van der Waals surface area contributed by atoms with Crippen molar-refractivity contribution in [2.75, 3.05) is 33.7 Å². The SMILES string of the molecule is CCN(CCC(C)(C)C#N)C(C)CN(C)C. The molecular formula is C13H27N3. The van der Waals surface area contributed by atoms with Crippen LogP contribution in [0.4, 0.5) is 0 Å². The fraction of sp³-hybridized carbons (Fsp3) is 0.923. The highest BCUT2D eigenvalue weighted by Crippen LogP contribution is 2.19. The van der Waals surface area contributed by atoms with Gasteiger partial charge in [-0.3, -0.25) is 4.90 Å². The van der Waals surface area contributed by atoms with Crippen LogP contribution in [-0.2, 0) is 0 Å². The van der Waals surface area contributed by atoms with Gasteiger partial charge in [0.25, 0.3) is 0 Å². The Hall–Kier alpha value is -0.590. The van der Waals surface area contributed by atoms with Crippen LogP contribution < -0.4 is 0 Å². The fourth-order valence-electron chi connectivity index (χ4n) is 1.81. The molecule has 0 saturated carbocycles. The van der Waals surface area contributed by atoms with E-state index in [0.29, 0.717) is 6.04 Å². The summed E-state index contributed by atoms with van der Waals surface area (Å²) in [5.41, 5.74) is -0.203. The van der Waals surface area contributed by atoms with Crippen molar-refractivity contribution in [3.8, 4) is 6.07 Å². The molecule has 1 unspecified atom stereocenters. The number of rotatable bonds is 7. The molecule has 94 valence electrons. The average Bonchev–Trinajstić information content (AvgIpc) is 2.17. The summed E-state index contributed by atoms with van der Waals surface area (Å²) in [6.07, 6.45) is 0.940. The summed E-state index contributed by atoms with van der Waals surface area (Å²) in [5.74, 6) is 0. The highest BCUT2D eigenvalue weighted by Gasteiger charge is 2.20. The first-order valence-corrected chi connectivity index (χ1v) is 6.12. The van der Waals surface area contributed by atoms with Gasteiger partial charge >= 0.3 is 0 Å². The molecule has 3 heteroatoms. The van der Waals surface area contributed by atoms with Crippen LogP contribution in [-0.4, -0.2) is 49.6 Å². The molecule has 0 amide bonds. The van der Waals surface area contributed by atoms with E-state index in [1.54, 1.807) is 0 Å². The van der Waals surface area contributed by atoms with Gasteiger partial charge in [0, 0.05) is 12.6 Å². The molecule has 3 nitrogen and oxygen atoms in total. The van der Waals surface area contributed by atoms with Crippen molar-refractivity contribution in [2.45, 2.75) is 40.2 Å². The Labute approximate surface area is 101 Å². The molecule has 0 N–H and O–H groups in total. The number of nitrogens with zero attached hydrogens (tertiary/aromatic N) is 3. The van der Waals surface area contributed by atoms with Gasteiger partial charge in [-0.25, -0.2) is 0 Å². The highest BCUT2D eigenvalue weighted by molar-refractivity contribution is 4.92. The quantitative estimate of drug-likeness (QED) is 0.665. The van der Waals surface area contributed by atoms with Gasteiger partial charge in [0.2, 0.25) is 0 Å². The van der Waals surface area contributed by atoms with E-state index in [9.17, 15) is 0 Å². The third kappa shape index (κ3) is 6.09. The molecule has 16 heavy (non-hydrogen) atoms. The molecule has 0 bridgehead atoms. The van der Waals surface area contributed by atoms with Crippen LogP contribution in [0.25, 0.3) is 0 Å². The third-order valence-electron chi connectivity index (χ3n) is 2.99. The lowest BCUT2D eigenvalue weighted by atomic mass is 9.91. The molecule has 0 aliphatic heterocycles. The zero-order valence-electron chi connectivity index (χ0n) is 11.7. The van der Waals surface area contributed by atoms with Gasteiger partial charge in [-0.05, 0) is 54.4 Å². The number of nitriles is 1. The Balaban J connectivity index is 4.16. The molecule has 0 aliphatic carbocycles. The van der Waals surface area contributed by atoms with Crippen molar-refractivity contribution in [1.82, 2.24) is 9.80 Å².